The van der Waals surface area contributed by atoms with Gasteiger partial charge in [0.15, 0.2) is 0 Å². The molecule has 0 atom stereocenters. The molecule has 0 unspecified atom stereocenters. The summed E-state index contributed by atoms with van der Waals surface area (Å²) in [7, 11) is 0. The van der Waals surface area contributed by atoms with Crippen molar-refractivity contribution in [2.75, 3.05) is 0 Å². The van der Waals surface area contributed by atoms with E-state index in [1.54, 1.807) is 0 Å². The minimum Gasteiger partial charge on any atom is -0.292 e. The van der Waals surface area contributed by atoms with E-state index in [-0.39, 0.29) is 0 Å². The number of hydrazine groups is 1. The fourth-order valence-electron chi connectivity index (χ4n) is 0.449. The van der Waals surface area contributed by atoms with E-state index in [2.05, 4.69) is 16.1 Å². The molecule has 0 aromatic rings. The van der Waals surface area contributed by atoms with Gasteiger partial charge in [0.1, 0.15) is 0 Å². The summed E-state index contributed by atoms with van der Waals surface area (Å²) >= 11 is 0. The van der Waals surface area contributed by atoms with Crippen molar-refractivity contribution >= 4 is 5.71 Å². The van der Waals surface area contributed by atoms with Crippen LogP contribution in [-0.4, -0.2) is 5.71 Å². The third kappa shape index (κ3) is 0.804. The molecule has 44 valence electrons. The molecule has 0 aliphatic carbocycles. The number of nitrogens with zero attached hydrogens (tertiary/aromatic N) is 1. The summed E-state index contributed by atoms with van der Waals surface area (Å²) in [4.78, 5) is 0. The van der Waals surface area contributed by atoms with Gasteiger partial charge < -0.3 is 0 Å². The van der Waals surface area contributed by atoms with E-state index in [1.165, 1.54) is 5.57 Å². The van der Waals surface area contributed by atoms with Gasteiger partial charge in [-0.2, -0.15) is 5.10 Å². The van der Waals surface area contributed by atoms with Gasteiger partial charge in [-0.25, -0.2) is 5.53 Å². The lowest BCUT2D eigenvalue weighted by molar-refractivity contribution is 0.653. The zero-order valence-electron chi connectivity index (χ0n) is 5.02. The van der Waals surface area contributed by atoms with Crippen LogP contribution in [0.3, 0.4) is 0 Å². The predicted octanol–water partition coefficient (Wildman–Crippen LogP) is 0.374. The second-order valence-corrected chi connectivity index (χ2v) is 1.78. The van der Waals surface area contributed by atoms with Crippen molar-refractivity contribution in [2.45, 2.75) is 13.8 Å². The number of rotatable bonds is 0. The molecule has 0 aromatic carbocycles. The zero-order valence-corrected chi connectivity index (χ0v) is 5.02. The Kier molecular flexibility index (Phi) is 1.20. The summed E-state index contributed by atoms with van der Waals surface area (Å²) < 4.78 is 0. The Morgan fingerprint density at radius 2 is 2.25 bits per heavy atom. The molecule has 0 saturated heterocycles. The van der Waals surface area contributed by atoms with Gasteiger partial charge in [-0.3, -0.25) is 5.43 Å². The number of hydrogen-bond donors (Lipinski definition) is 2. The lowest BCUT2D eigenvalue weighted by Gasteiger charge is -2.08. The number of nitrogens with one attached hydrogen (secondary N) is 2. The number of allylic oxidation sites excluding steroid dienone is 1. The van der Waals surface area contributed by atoms with Crippen LogP contribution in [0.4, 0.5) is 0 Å². The van der Waals surface area contributed by atoms with E-state index in [9.17, 15) is 0 Å². The van der Waals surface area contributed by atoms with Crippen molar-refractivity contribution in [1.29, 1.82) is 0 Å². The highest BCUT2D eigenvalue weighted by molar-refractivity contribution is 5.97. The summed E-state index contributed by atoms with van der Waals surface area (Å²) in [5, 5.41) is 3.90. The topological polar surface area (TPSA) is 36.4 Å². The minimum absolute atomic E-state index is 1.03. The highest BCUT2D eigenvalue weighted by Crippen LogP contribution is 1.95. The van der Waals surface area contributed by atoms with Crippen LogP contribution in [0.2, 0.25) is 0 Å². The van der Waals surface area contributed by atoms with E-state index < -0.39 is 0 Å². The first-order valence-corrected chi connectivity index (χ1v) is 2.52. The predicted molar refractivity (Wildman–Crippen MR) is 33.1 cm³/mol. The number of hydrazone groups is 1. The van der Waals surface area contributed by atoms with E-state index in [1.807, 2.05) is 20.0 Å². The molecule has 0 bridgehead atoms. The Balaban J connectivity index is 2.73. The Morgan fingerprint density at radius 1 is 1.50 bits per heavy atom. The molecule has 3 nitrogen and oxygen atoms in total. The molecule has 0 fully saturated rings. The van der Waals surface area contributed by atoms with E-state index in [4.69, 9.17) is 0 Å². The van der Waals surface area contributed by atoms with Crippen molar-refractivity contribution in [3.63, 3.8) is 0 Å². The maximum atomic E-state index is 3.90. The average molecular weight is 111 g/mol. The monoisotopic (exact) mass is 111 g/mol. The van der Waals surface area contributed by atoms with Crippen LogP contribution in [0.15, 0.2) is 16.9 Å². The Labute approximate surface area is 48.4 Å². The highest BCUT2D eigenvalue weighted by Gasteiger charge is 1.96. The second-order valence-electron chi connectivity index (χ2n) is 1.78. The van der Waals surface area contributed by atoms with Crippen LogP contribution < -0.4 is 11.0 Å². The molecule has 0 spiro atoms. The molecule has 2 N–H and O–H groups in total. The molecule has 8 heavy (non-hydrogen) atoms. The average Bonchev–Trinajstić information content (AvgIpc) is 1.77. The first-order chi connectivity index (χ1) is 3.80. The van der Waals surface area contributed by atoms with Crippen molar-refractivity contribution in [3.8, 4) is 0 Å². The molecule has 1 rings (SSSR count). The Bertz CT molecular complexity index is 128. The fourth-order valence-corrected chi connectivity index (χ4v) is 0.449. The smallest absolute Gasteiger partial charge is 0.0636 e. The van der Waals surface area contributed by atoms with E-state index in [0.29, 0.717) is 0 Å². The summed E-state index contributed by atoms with van der Waals surface area (Å²) in [5.41, 5.74) is 7.59. The SMILES string of the molecule is CC1=CNNN=C1C. The fraction of sp³-hybridized carbons (Fsp3) is 0.400. The molecular formula is C5H9N3. The van der Waals surface area contributed by atoms with E-state index in [0.717, 1.165) is 5.71 Å². The zero-order chi connectivity index (χ0) is 5.98. The third-order valence-corrected chi connectivity index (χ3v) is 1.15. The largest absolute Gasteiger partial charge is 0.292 e. The van der Waals surface area contributed by atoms with Crippen LogP contribution in [0, 0.1) is 0 Å². The van der Waals surface area contributed by atoms with Gasteiger partial charge in [-0.15, -0.1) is 0 Å². The van der Waals surface area contributed by atoms with Gasteiger partial charge >= 0.3 is 0 Å². The second kappa shape index (κ2) is 1.86. The first-order valence-electron chi connectivity index (χ1n) is 2.52. The van der Waals surface area contributed by atoms with Crippen LogP contribution in [0.5, 0.6) is 0 Å². The lowest BCUT2D eigenvalue weighted by Crippen LogP contribution is -2.27. The molecule has 3 heteroatoms. The Morgan fingerprint density at radius 3 is 2.62 bits per heavy atom. The van der Waals surface area contributed by atoms with Crippen molar-refractivity contribution in [1.82, 2.24) is 11.0 Å². The van der Waals surface area contributed by atoms with Gasteiger partial charge in [-0.1, -0.05) is 0 Å². The van der Waals surface area contributed by atoms with Crippen LogP contribution in [0.1, 0.15) is 13.8 Å². The van der Waals surface area contributed by atoms with Crippen LogP contribution in [0.25, 0.3) is 0 Å². The van der Waals surface area contributed by atoms with Gasteiger partial charge in [0.2, 0.25) is 0 Å². The third-order valence-electron chi connectivity index (χ3n) is 1.15. The summed E-state index contributed by atoms with van der Waals surface area (Å²) in [6, 6.07) is 0. The summed E-state index contributed by atoms with van der Waals surface area (Å²) in [6.07, 6.45) is 1.88. The van der Waals surface area contributed by atoms with Gasteiger partial charge in [0, 0.05) is 6.20 Å². The molecule has 0 radical (unpaired) electrons. The lowest BCUT2D eigenvalue weighted by atomic mass is 10.2. The standard InChI is InChI=1S/C5H9N3/c1-4-3-6-8-7-5(4)2/h3,6,8H,1-2H3. The van der Waals surface area contributed by atoms with Crippen molar-refractivity contribution in [3.05, 3.63) is 11.8 Å². The highest BCUT2D eigenvalue weighted by atomic mass is 15.6. The van der Waals surface area contributed by atoms with Crippen LogP contribution >= 0.6 is 0 Å². The van der Waals surface area contributed by atoms with Gasteiger partial charge in [-0.05, 0) is 19.4 Å². The number of hydrogen-bond acceptors (Lipinski definition) is 3. The maximum Gasteiger partial charge on any atom is 0.0636 e. The molecule has 1 aliphatic rings. The Hall–Kier alpha value is -0.990. The van der Waals surface area contributed by atoms with Crippen molar-refractivity contribution < 1.29 is 0 Å². The molecule has 0 amide bonds. The summed E-state index contributed by atoms with van der Waals surface area (Å²) in [6.45, 7) is 3.96. The molecular weight excluding hydrogens is 102 g/mol. The van der Waals surface area contributed by atoms with E-state index >= 15 is 0 Å². The molecule has 1 aliphatic heterocycles. The first kappa shape index (κ1) is 5.15. The van der Waals surface area contributed by atoms with Gasteiger partial charge in [0.05, 0.1) is 5.71 Å². The normalized spacial score (nSPS) is 17.8. The van der Waals surface area contributed by atoms with Crippen molar-refractivity contribution in [2.24, 2.45) is 5.10 Å². The molecule has 0 saturated carbocycles. The minimum atomic E-state index is 1.03. The molecule has 0 aromatic heterocycles. The van der Waals surface area contributed by atoms with Crippen LogP contribution in [-0.2, 0) is 0 Å². The quantitative estimate of drug-likeness (QED) is 0.474. The maximum absolute atomic E-state index is 3.90. The summed E-state index contributed by atoms with van der Waals surface area (Å²) in [5.74, 6) is 0. The van der Waals surface area contributed by atoms with Gasteiger partial charge in [0.25, 0.3) is 0 Å². The molecule has 1 heterocycles.